The number of benzene rings is 1. The number of nitro benzene ring substituents is 1. The standard InChI is InChI=1S/C19H19N3O4S2/c1-26-14-6-7-17(18(10-14)22(24)25)20-19(23)13-21(11-15-4-2-8-27-15)12-16-5-3-9-28-16/h2-10H,11-13H2,1H3,(H,20,23)/p+1. The zero-order chi connectivity index (χ0) is 19.9. The summed E-state index contributed by atoms with van der Waals surface area (Å²) in [5, 5.41) is 18.0. The summed E-state index contributed by atoms with van der Waals surface area (Å²) in [5.74, 6) is 0.101. The van der Waals surface area contributed by atoms with Crippen molar-refractivity contribution in [1.29, 1.82) is 0 Å². The number of hydrogen-bond donors (Lipinski definition) is 2. The summed E-state index contributed by atoms with van der Waals surface area (Å²) in [5.41, 5.74) is -0.0202. The van der Waals surface area contributed by atoms with Crippen LogP contribution in [0.5, 0.6) is 5.75 Å². The van der Waals surface area contributed by atoms with Gasteiger partial charge < -0.3 is 15.0 Å². The second-order valence-corrected chi connectivity index (χ2v) is 8.19. The van der Waals surface area contributed by atoms with E-state index in [-0.39, 0.29) is 23.8 Å². The maximum Gasteiger partial charge on any atom is 0.296 e. The highest BCUT2D eigenvalue weighted by Gasteiger charge is 2.21. The lowest BCUT2D eigenvalue weighted by molar-refractivity contribution is -0.918. The molecule has 2 heterocycles. The van der Waals surface area contributed by atoms with Crippen LogP contribution in [0, 0.1) is 10.1 Å². The van der Waals surface area contributed by atoms with Gasteiger partial charge in [0.15, 0.2) is 6.54 Å². The van der Waals surface area contributed by atoms with E-state index in [1.165, 1.54) is 29.0 Å². The highest BCUT2D eigenvalue weighted by atomic mass is 32.1. The number of nitrogens with one attached hydrogen (secondary N) is 2. The number of amides is 1. The first-order chi connectivity index (χ1) is 13.5. The van der Waals surface area contributed by atoms with Crippen molar-refractivity contribution in [2.24, 2.45) is 0 Å². The lowest BCUT2D eigenvalue weighted by Gasteiger charge is -2.18. The van der Waals surface area contributed by atoms with Crippen molar-refractivity contribution in [2.45, 2.75) is 13.1 Å². The van der Waals surface area contributed by atoms with Crippen LogP contribution in [-0.4, -0.2) is 24.5 Å². The zero-order valence-corrected chi connectivity index (χ0v) is 16.8. The van der Waals surface area contributed by atoms with Crippen LogP contribution in [0.25, 0.3) is 0 Å². The summed E-state index contributed by atoms with van der Waals surface area (Å²) in [6.07, 6.45) is 0. The van der Waals surface area contributed by atoms with Crippen molar-refractivity contribution >= 4 is 40.0 Å². The van der Waals surface area contributed by atoms with Gasteiger partial charge in [0.2, 0.25) is 0 Å². The monoisotopic (exact) mass is 418 g/mol. The molecule has 2 aromatic heterocycles. The number of nitrogens with zero attached hydrogens (tertiary/aromatic N) is 1. The van der Waals surface area contributed by atoms with E-state index in [0.29, 0.717) is 18.8 Å². The normalized spacial score (nSPS) is 10.8. The Kier molecular flexibility index (Phi) is 6.75. The van der Waals surface area contributed by atoms with Crippen LogP contribution in [-0.2, 0) is 17.9 Å². The molecular formula is C19H20N3O4S2+. The summed E-state index contributed by atoms with van der Waals surface area (Å²) in [7, 11) is 1.44. The molecule has 0 radical (unpaired) electrons. The average molecular weight is 419 g/mol. The fraction of sp³-hybridized carbons (Fsp3) is 0.211. The molecule has 1 amide bonds. The Hall–Kier alpha value is -2.75. The highest BCUT2D eigenvalue weighted by molar-refractivity contribution is 7.10. The van der Waals surface area contributed by atoms with Gasteiger partial charge in [0.25, 0.3) is 11.6 Å². The van der Waals surface area contributed by atoms with E-state index in [1.54, 1.807) is 28.7 Å². The molecule has 0 saturated heterocycles. The summed E-state index contributed by atoms with van der Waals surface area (Å²) in [6, 6.07) is 12.5. The fourth-order valence-electron chi connectivity index (χ4n) is 2.82. The zero-order valence-electron chi connectivity index (χ0n) is 15.2. The number of carbonyl (C=O) groups excluding carboxylic acids is 1. The van der Waals surface area contributed by atoms with Gasteiger partial charge in [-0.15, -0.1) is 22.7 Å². The maximum absolute atomic E-state index is 12.6. The molecule has 0 bridgehead atoms. The van der Waals surface area contributed by atoms with Crippen LogP contribution in [0.15, 0.2) is 53.2 Å². The summed E-state index contributed by atoms with van der Waals surface area (Å²) in [4.78, 5) is 26.9. The first kappa shape index (κ1) is 20.0. The van der Waals surface area contributed by atoms with E-state index in [2.05, 4.69) is 5.32 Å². The molecule has 146 valence electrons. The number of hydrogen-bond acceptors (Lipinski definition) is 6. The number of thiophene rings is 2. The first-order valence-corrected chi connectivity index (χ1v) is 10.3. The van der Waals surface area contributed by atoms with Crippen LogP contribution < -0.4 is 15.0 Å². The second kappa shape index (κ2) is 9.45. The molecular weight excluding hydrogens is 398 g/mol. The van der Waals surface area contributed by atoms with Crippen molar-refractivity contribution in [3.8, 4) is 5.75 Å². The Morgan fingerprint density at radius 2 is 1.79 bits per heavy atom. The number of methoxy groups -OCH3 is 1. The molecule has 3 rings (SSSR count). The molecule has 3 aromatic rings. The number of nitro groups is 1. The Balaban J connectivity index is 1.72. The molecule has 7 nitrogen and oxygen atoms in total. The average Bonchev–Trinajstić information content (AvgIpc) is 3.36. The molecule has 0 unspecified atom stereocenters. The second-order valence-electron chi connectivity index (χ2n) is 6.13. The molecule has 9 heteroatoms. The molecule has 2 N–H and O–H groups in total. The van der Waals surface area contributed by atoms with Crippen molar-refractivity contribution in [3.05, 3.63) is 73.1 Å². The molecule has 28 heavy (non-hydrogen) atoms. The third-order valence-electron chi connectivity index (χ3n) is 4.09. The molecule has 0 aliphatic carbocycles. The minimum atomic E-state index is -0.528. The smallest absolute Gasteiger partial charge is 0.296 e. The van der Waals surface area contributed by atoms with Crippen LogP contribution in [0.1, 0.15) is 9.75 Å². The van der Waals surface area contributed by atoms with Crippen molar-refractivity contribution in [3.63, 3.8) is 0 Å². The van der Waals surface area contributed by atoms with E-state index < -0.39 is 4.92 Å². The Labute approximate surface area is 170 Å². The highest BCUT2D eigenvalue weighted by Crippen LogP contribution is 2.28. The van der Waals surface area contributed by atoms with Gasteiger partial charge in [-0.25, -0.2) is 0 Å². The van der Waals surface area contributed by atoms with Crippen LogP contribution >= 0.6 is 22.7 Å². The van der Waals surface area contributed by atoms with E-state index in [1.807, 2.05) is 35.0 Å². The summed E-state index contributed by atoms with van der Waals surface area (Å²) in [6.45, 7) is 1.64. The number of quaternary nitrogens is 1. The van der Waals surface area contributed by atoms with Gasteiger partial charge in [0, 0.05) is 0 Å². The first-order valence-electron chi connectivity index (χ1n) is 8.55. The fourth-order valence-corrected chi connectivity index (χ4v) is 4.38. The molecule has 0 fully saturated rings. The maximum atomic E-state index is 12.6. The molecule has 0 atom stereocenters. The third-order valence-corrected chi connectivity index (χ3v) is 5.85. The minimum absolute atomic E-state index is 0.169. The predicted molar refractivity (Wildman–Crippen MR) is 110 cm³/mol. The summed E-state index contributed by atoms with van der Waals surface area (Å²) < 4.78 is 5.03. The predicted octanol–water partition coefficient (Wildman–Crippen LogP) is 2.95. The SMILES string of the molecule is COc1ccc(NC(=O)C[NH+](Cc2cccs2)Cc2cccs2)c([N+](=O)[O-])c1. The topological polar surface area (TPSA) is 85.9 Å². The van der Waals surface area contributed by atoms with Crippen LogP contribution in [0.2, 0.25) is 0 Å². The van der Waals surface area contributed by atoms with Gasteiger partial charge in [-0.1, -0.05) is 12.1 Å². The van der Waals surface area contributed by atoms with E-state index in [0.717, 1.165) is 4.90 Å². The van der Waals surface area contributed by atoms with E-state index >= 15 is 0 Å². The van der Waals surface area contributed by atoms with Gasteiger partial charge in [-0.2, -0.15) is 0 Å². The Morgan fingerprint density at radius 1 is 1.14 bits per heavy atom. The van der Waals surface area contributed by atoms with Gasteiger partial charge in [0.05, 0.1) is 27.9 Å². The van der Waals surface area contributed by atoms with Crippen LogP contribution in [0.3, 0.4) is 0 Å². The molecule has 0 aliphatic rings. The molecule has 1 aromatic carbocycles. The number of ether oxygens (including phenoxy) is 1. The molecule has 0 spiro atoms. The lowest BCUT2D eigenvalue weighted by atomic mass is 10.2. The third kappa shape index (κ3) is 5.38. The van der Waals surface area contributed by atoms with Gasteiger partial charge in [0.1, 0.15) is 24.5 Å². The lowest BCUT2D eigenvalue weighted by Crippen LogP contribution is -3.10. The van der Waals surface area contributed by atoms with Crippen molar-refractivity contribution < 1.29 is 19.4 Å². The van der Waals surface area contributed by atoms with Crippen molar-refractivity contribution in [2.75, 3.05) is 19.0 Å². The van der Waals surface area contributed by atoms with Crippen molar-refractivity contribution in [1.82, 2.24) is 0 Å². The quantitative estimate of drug-likeness (QED) is 0.413. The van der Waals surface area contributed by atoms with Gasteiger partial charge in [-0.3, -0.25) is 14.9 Å². The van der Waals surface area contributed by atoms with Gasteiger partial charge >= 0.3 is 0 Å². The number of carbonyl (C=O) groups is 1. The Bertz CT molecular complexity index is 891. The Morgan fingerprint density at radius 3 is 2.29 bits per heavy atom. The van der Waals surface area contributed by atoms with E-state index in [9.17, 15) is 14.9 Å². The van der Waals surface area contributed by atoms with Gasteiger partial charge in [-0.05, 0) is 35.0 Å². The number of rotatable bonds is 9. The minimum Gasteiger partial charge on any atom is -0.496 e. The molecule has 0 aliphatic heterocycles. The summed E-state index contributed by atoms with van der Waals surface area (Å²) >= 11 is 3.31. The van der Waals surface area contributed by atoms with Crippen LogP contribution in [0.4, 0.5) is 11.4 Å². The molecule has 0 saturated carbocycles. The number of anilines is 1. The van der Waals surface area contributed by atoms with E-state index in [4.69, 9.17) is 4.74 Å². The largest absolute Gasteiger partial charge is 0.496 e.